The van der Waals surface area contributed by atoms with Crippen molar-refractivity contribution in [2.24, 2.45) is 0 Å². The number of carbonyl (C=O) groups is 2. The Hall–Kier alpha value is -3.02. The molecule has 2 aromatic carbocycles. The van der Waals surface area contributed by atoms with Crippen LogP contribution in [0, 0.1) is 0 Å². The molecule has 0 aliphatic rings. The Labute approximate surface area is 152 Å². The minimum Gasteiger partial charge on any atom is -0.496 e. The van der Waals surface area contributed by atoms with Crippen LogP contribution in [0.25, 0.3) is 11.1 Å². The van der Waals surface area contributed by atoms with E-state index in [-0.39, 0.29) is 11.6 Å². The van der Waals surface area contributed by atoms with Crippen molar-refractivity contribution in [3.63, 3.8) is 0 Å². The van der Waals surface area contributed by atoms with Gasteiger partial charge in [-0.25, -0.2) is 0 Å². The van der Waals surface area contributed by atoms with Gasteiger partial charge in [0.05, 0.1) is 45.1 Å². The molecule has 0 bridgehead atoms. The molecule has 26 heavy (non-hydrogen) atoms. The number of ether oxygens (including phenoxy) is 4. The summed E-state index contributed by atoms with van der Waals surface area (Å²) in [5, 5.41) is 0. The van der Waals surface area contributed by atoms with E-state index in [9.17, 15) is 9.59 Å². The Bertz CT molecular complexity index is 854. The second kappa shape index (κ2) is 7.91. The van der Waals surface area contributed by atoms with E-state index in [4.69, 9.17) is 18.9 Å². The summed E-state index contributed by atoms with van der Waals surface area (Å²) < 4.78 is 21.9. The van der Waals surface area contributed by atoms with Crippen LogP contribution in [0.15, 0.2) is 24.3 Å². The molecule has 2 aromatic rings. The fraction of sp³-hybridized carbons (Fsp3) is 0.300. The maximum Gasteiger partial charge on any atom is 0.164 e. The summed E-state index contributed by atoms with van der Waals surface area (Å²) in [6.45, 7) is 2.89. The molecule has 0 atom stereocenters. The minimum atomic E-state index is -0.215. The van der Waals surface area contributed by atoms with E-state index in [0.717, 1.165) is 0 Å². The highest BCUT2D eigenvalue weighted by molar-refractivity contribution is 6.08. The van der Waals surface area contributed by atoms with Crippen molar-refractivity contribution in [2.75, 3.05) is 28.4 Å². The molecular formula is C20H22O6. The highest BCUT2D eigenvalue weighted by Gasteiger charge is 2.27. The van der Waals surface area contributed by atoms with E-state index < -0.39 is 0 Å². The van der Waals surface area contributed by atoms with Crippen LogP contribution < -0.4 is 18.9 Å². The third-order valence-corrected chi connectivity index (χ3v) is 4.09. The quantitative estimate of drug-likeness (QED) is 0.701. The summed E-state index contributed by atoms with van der Waals surface area (Å²) in [5.41, 5.74) is 1.62. The van der Waals surface area contributed by atoms with Gasteiger partial charge in [0.25, 0.3) is 0 Å². The zero-order valence-corrected chi connectivity index (χ0v) is 15.8. The van der Waals surface area contributed by atoms with Gasteiger partial charge in [-0.3, -0.25) is 9.59 Å². The largest absolute Gasteiger partial charge is 0.496 e. The molecule has 6 heteroatoms. The molecule has 0 saturated heterocycles. The minimum absolute atomic E-state index is 0.169. The van der Waals surface area contributed by atoms with E-state index in [1.54, 1.807) is 24.3 Å². The van der Waals surface area contributed by atoms with E-state index in [0.29, 0.717) is 45.3 Å². The summed E-state index contributed by atoms with van der Waals surface area (Å²) in [6, 6.07) is 6.65. The van der Waals surface area contributed by atoms with Crippen molar-refractivity contribution in [2.45, 2.75) is 13.8 Å². The standard InChI is InChI=1S/C20H22O6/c1-11(21)13-7-8-16(25-5)19(20(13)26-6)18-15(24-4)10-9-14(23-3)17(18)12(2)22/h7-10H,1-6H3. The molecule has 0 heterocycles. The number of benzene rings is 2. The maximum absolute atomic E-state index is 12.4. The van der Waals surface area contributed by atoms with Crippen LogP contribution in [0.4, 0.5) is 0 Å². The number of hydrogen-bond donors (Lipinski definition) is 0. The number of hydrogen-bond acceptors (Lipinski definition) is 6. The van der Waals surface area contributed by atoms with Crippen molar-refractivity contribution in [1.82, 2.24) is 0 Å². The van der Waals surface area contributed by atoms with Crippen molar-refractivity contribution in [3.05, 3.63) is 35.4 Å². The summed E-state index contributed by atoms with van der Waals surface area (Å²) in [7, 11) is 5.96. The normalized spacial score (nSPS) is 10.2. The summed E-state index contributed by atoms with van der Waals surface area (Å²) >= 11 is 0. The van der Waals surface area contributed by atoms with E-state index in [1.165, 1.54) is 42.3 Å². The van der Waals surface area contributed by atoms with Crippen LogP contribution in [0.5, 0.6) is 23.0 Å². The molecular weight excluding hydrogens is 336 g/mol. The first-order valence-electron chi connectivity index (χ1n) is 7.93. The molecule has 0 aromatic heterocycles. The van der Waals surface area contributed by atoms with E-state index >= 15 is 0 Å². The second-order valence-electron chi connectivity index (χ2n) is 5.56. The number of methoxy groups -OCH3 is 4. The van der Waals surface area contributed by atoms with Crippen LogP contribution >= 0.6 is 0 Å². The molecule has 0 amide bonds. The summed E-state index contributed by atoms with van der Waals surface area (Å²) in [5.74, 6) is 1.20. The Morgan fingerprint density at radius 1 is 0.654 bits per heavy atom. The Balaban J connectivity index is 3.06. The van der Waals surface area contributed by atoms with Crippen LogP contribution in [0.1, 0.15) is 34.6 Å². The smallest absolute Gasteiger partial charge is 0.164 e. The first-order chi connectivity index (χ1) is 12.4. The van der Waals surface area contributed by atoms with Gasteiger partial charge in [-0.05, 0) is 38.1 Å². The molecule has 0 aliphatic carbocycles. The molecule has 0 fully saturated rings. The summed E-state index contributed by atoms with van der Waals surface area (Å²) in [6.07, 6.45) is 0. The molecule has 2 rings (SSSR count). The van der Waals surface area contributed by atoms with Gasteiger partial charge in [0.1, 0.15) is 23.0 Å². The van der Waals surface area contributed by atoms with E-state index in [1.807, 2.05) is 0 Å². The Morgan fingerprint density at radius 3 is 1.62 bits per heavy atom. The molecule has 0 unspecified atom stereocenters. The van der Waals surface area contributed by atoms with Gasteiger partial charge in [-0.15, -0.1) is 0 Å². The first-order valence-corrected chi connectivity index (χ1v) is 7.93. The fourth-order valence-corrected chi connectivity index (χ4v) is 2.96. The van der Waals surface area contributed by atoms with Gasteiger partial charge >= 0.3 is 0 Å². The highest BCUT2D eigenvalue weighted by atomic mass is 16.5. The van der Waals surface area contributed by atoms with Crippen LogP contribution in [0.3, 0.4) is 0 Å². The van der Waals surface area contributed by atoms with Gasteiger partial charge in [0, 0.05) is 5.56 Å². The molecule has 0 N–H and O–H groups in total. The molecule has 0 radical (unpaired) electrons. The van der Waals surface area contributed by atoms with Crippen molar-refractivity contribution in [1.29, 1.82) is 0 Å². The zero-order valence-electron chi connectivity index (χ0n) is 15.8. The monoisotopic (exact) mass is 358 g/mol. The molecule has 0 spiro atoms. The lowest BCUT2D eigenvalue weighted by Gasteiger charge is -2.21. The lowest BCUT2D eigenvalue weighted by molar-refractivity contribution is 0.100. The van der Waals surface area contributed by atoms with Gasteiger partial charge in [0.15, 0.2) is 11.6 Å². The van der Waals surface area contributed by atoms with Crippen LogP contribution in [-0.4, -0.2) is 40.0 Å². The SMILES string of the molecule is COc1ccc(OC)c(-c2c(OC)ccc(C(C)=O)c2OC)c1C(C)=O. The average Bonchev–Trinajstić information content (AvgIpc) is 2.64. The molecule has 0 aliphatic heterocycles. The zero-order chi connectivity index (χ0) is 19.4. The molecule has 6 nitrogen and oxygen atoms in total. The number of rotatable bonds is 7. The van der Waals surface area contributed by atoms with Crippen molar-refractivity contribution < 1.29 is 28.5 Å². The molecule has 138 valence electrons. The summed E-state index contributed by atoms with van der Waals surface area (Å²) in [4.78, 5) is 24.5. The number of ketones is 2. The number of Topliss-reactive ketones (excluding diaryl/α,β-unsaturated/α-hetero) is 2. The second-order valence-corrected chi connectivity index (χ2v) is 5.56. The lowest BCUT2D eigenvalue weighted by Crippen LogP contribution is -2.07. The van der Waals surface area contributed by atoms with Crippen molar-refractivity contribution in [3.8, 4) is 34.1 Å². The van der Waals surface area contributed by atoms with Crippen LogP contribution in [-0.2, 0) is 0 Å². The van der Waals surface area contributed by atoms with Gasteiger partial charge in [0.2, 0.25) is 0 Å². The molecule has 0 saturated carbocycles. The van der Waals surface area contributed by atoms with Crippen LogP contribution in [0.2, 0.25) is 0 Å². The first kappa shape index (κ1) is 19.3. The van der Waals surface area contributed by atoms with Gasteiger partial charge in [-0.1, -0.05) is 0 Å². The van der Waals surface area contributed by atoms with Gasteiger partial charge in [-0.2, -0.15) is 0 Å². The maximum atomic E-state index is 12.4. The Morgan fingerprint density at radius 2 is 1.15 bits per heavy atom. The Kier molecular flexibility index (Phi) is 5.87. The third kappa shape index (κ3) is 3.22. The predicted octanol–water partition coefficient (Wildman–Crippen LogP) is 3.79. The van der Waals surface area contributed by atoms with Crippen molar-refractivity contribution >= 4 is 11.6 Å². The topological polar surface area (TPSA) is 71.1 Å². The fourth-order valence-electron chi connectivity index (χ4n) is 2.96. The average molecular weight is 358 g/mol. The van der Waals surface area contributed by atoms with E-state index in [2.05, 4.69) is 0 Å². The highest BCUT2D eigenvalue weighted by Crippen LogP contribution is 2.48. The van der Waals surface area contributed by atoms with Gasteiger partial charge < -0.3 is 18.9 Å². The third-order valence-electron chi connectivity index (χ3n) is 4.09. The number of carbonyl (C=O) groups excluding carboxylic acids is 2. The lowest BCUT2D eigenvalue weighted by atomic mass is 9.91. The predicted molar refractivity (Wildman–Crippen MR) is 98.1 cm³/mol.